The molecule has 1 heterocycles. The van der Waals surface area contributed by atoms with Crippen LogP contribution < -0.4 is 0 Å². The highest BCUT2D eigenvalue weighted by molar-refractivity contribution is 9.10. The third-order valence-corrected chi connectivity index (χ3v) is 2.90. The Labute approximate surface area is 114 Å². The minimum absolute atomic E-state index is 0.578. The average Bonchev–Trinajstić information content (AvgIpc) is 2.77. The van der Waals surface area contributed by atoms with Crippen LogP contribution in [0.3, 0.4) is 0 Å². The zero-order valence-corrected chi connectivity index (χ0v) is 10.8. The number of hydrogen-bond donors (Lipinski definition) is 0. The van der Waals surface area contributed by atoms with E-state index >= 15 is 0 Å². The topological polar surface area (TPSA) is 17.8 Å². The molecule has 2 nitrogen and oxygen atoms in total. The Balaban J connectivity index is 2.38. The minimum Gasteiger partial charge on any atom is -0.211 e. The van der Waals surface area contributed by atoms with Gasteiger partial charge in [-0.1, -0.05) is 24.3 Å². The summed E-state index contributed by atoms with van der Waals surface area (Å²) < 4.78 is 24.3. The molecule has 18 heavy (non-hydrogen) atoms. The molecule has 0 N–H and O–H groups in total. The van der Waals surface area contributed by atoms with Crippen LogP contribution in [0.15, 0.2) is 36.7 Å². The van der Waals surface area contributed by atoms with Gasteiger partial charge in [0.15, 0.2) is 0 Å². The van der Waals surface area contributed by atoms with Crippen LogP contribution in [0.4, 0.5) is 8.78 Å². The number of alkyl halides is 3. The highest BCUT2D eigenvalue weighted by Crippen LogP contribution is 2.28. The zero-order valence-electron chi connectivity index (χ0n) is 9.22. The van der Waals surface area contributed by atoms with Crippen molar-refractivity contribution in [2.24, 2.45) is 0 Å². The van der Waals surface area contributed by atoms with Gasteiger partial charge < -0.3 is 0 Å². The third-order valence-electron chi connectivity index (χ3n) is 2.44. The van der Waals surface area contributed by atoms with E-state index in [9.17, 15) is 8.78 Å². The zero-order chi connectivity index (χ0) is 13.3. The normalized spacial score (nSPS) is 12.0. The smallest absolute Gasteiger partial charge is 0.211 e. The Morgan fingerprint density at radius 3 is 2.56 bits per heavy atom. The first-order valence-corrected chi connectivity index (χ1v) is 5.87. The predicted molar refractivity (Wildman–Crippen MR) is 71.0 cm³/mol. The van der Waals surface area contributed by atoms with E-state index in [0.29, 0.717) is 15.8 Å². The number of hydrogen-bond acceptors (Lipinski definition) is 1. The van der Waals surface area contributed by atoms with Crippen LogP contribution in [0.1, 0.15) is 12.1 Å². The molecule has 2 rings (SSSR count). The molecular formula is C11H7B2BrF2N2. The van der Waals surface area contributed by atoms with E-state index in [0.717, 1.165) is 5.56 Å². The van der Waals surface area contributed by atoms with Gasteiger partial charge in [0.25, 0.3) is 0 Å². The lowest BCUT2D eigenvalue weighted by molar-refractivity contribution is 0.0566. The van der Waals surface area contributed by atoms with Gasteiger partial charge in [-0.3, -0.25) is 0 Å². The Morgan fingerprint density at radius 1 is 1.28 bits per heavy atom. The number of nitrogens with zero attached hydrogens (tertiary/aromatic N) is 2. The van der Waals surface area contributed by atoms with Gasteiger partial charge in [0.1, 0.15) is 0 Å². The molecule has 88 valence electrons. The van der Waals surface area contributed by atoms with Gasteiger partial charge in [-0.25, -0.2) is 4.68 Å². The molecule has 0 unspecified atom stereocenters. The van der Waals surface area contributed by atoms with Crippen molar-refractivity contribution in [3.05, 3.63) is 42.2 Å². The predicted octanol–water partition coefficient (Wildman–Crippen LogP) is 2.79. The lowest BCUT2D eigenvalue weighted by Crippen LogP contribution is -2.17. The molecule has 0 spiro atoms. The lowest BCUT2D eigenvalue weighted by atomic mass is 9.66. The molecular weight excluding hydrogens is 300 g/mol. The van der Waals surface area contributed by atoms with Crippen LogP contribution in [-0.4, -0.2) is 25.5 Å². The molecule has 4 radical (unpaired) electrons. The third kappa shape index (κ3) is 2.83. The molecule has 7 heteroatoms. The quantitative estimate of drug-likeness (QED) is 0.630. The largest absolute Gasteiger partial charge is 0.333 e. The van der Waals surface area contributed by atoms with Crippen LogP contribution in [0.2, 0.25) is 0 Å². The molecule has 0 aliphatic rings. The molecule has 1 aromatic carbocycles. The summed E-state index contributed by atoms with van der Waals surface area (Å²) in [5.74, 6) is 0. The van der Waals surface area contributed by atoms with Gasteiger partial charge in [0, 0.05) is 11.8 Å². The van der Waals surface area contributed by atoms with Crippen molar-refractivity contribution >= 4 is 31.6 Å². The second kappa shape index (κ2) is 4.88. The summed E-state index contributed by atoms with van der Waals surface area (Å²) >= 11 is 3.14. The second-order valence-electron chi connectivity index (χ2n) is 3.84. The van der Waals surface area contributed by atoms with Crippen molar-refractivity contribution < 1.29 is 8.78 Å². The maximum absolute atomic E-state index is 12.4. The minimum atomic E-state index is -2.65. The fourth-order valence-electron chi connectivity index (χ4n) is 1.53. The van der Waals surface area contributed by atoms with Crippen molar-refractivity contribution in [2.45, 2.75) is 10.7 Å². The summed E-state index contributed by atoms with van der Waals surface area (Å²) in [4.78, 5) is 0. The maximum Gasteiger partial charge on any atom is 0.333 e. The summed E-state index contributed by atoms with van der Waals surface area (Å²) in [6.07, 6.45) is 2.64. The summed E-state index contributed by atoms with van der Waals surface area (Å²) in [7, 11) is 11.4. The summed E-state index contributed by atoms with van der Waals surface area (Å²) in [6, 6.07) is 6.99. The van der Waals surface area contributed by atoms with Gasteiger partial charge >= 0.3 is 6.55 Å². The first kappa shape index (κ1) is 13.3. The molecule has 2 aromatic rings. The van der Waals surface area contributed by atoms with Crippen molar-refractivity contribution in [3.8, 4) is 11.1 Å². The average molecular weight is 307 g/mol. The summed E-state index contributed by atoms with van der Waals surface area (Å²) in [6.45, 7) is -2.65. The molecule has 0 aliphatic heterocycles. The molecule has 0 bridgehead atoms. The molecule has 0 atom stereocenters. The Kier molecular flexibility index (Phi) is 3.61. The maximum atomic E-state index is 12.4. The van der Waals surface area contributed by atoms with E-state index < -0.39 is 10.7 Å². The number of benzene rings is 1. The fourth-order valence-corrected chi connectivity index (χ4v) is 1.78. The first-order chi connectivity index (χ1) is 8.38. The van der Waals surface area contributed by atoms with Crippen LogP contribution in [0.5, 0.6) is 0 Å². The van der Waals surface area contributed by atoms with Gasteiger partial charge in [-0.2, -0.15) is 13.9 Å². The summed E-state index contributed by atoms with van der Waals surface area (Å²) in [5.41, 5.74) is 1.94. The van der Waals surface area contributed by atoms with Gasteiger partial charge in [-0.05, 0) is 15.2 Å². The molecule has 0 amide bonds. The SMILES string of the molecule is [B]C([B])(Br)c1cccc(-c2cnn(C(F)F)c2)c1. The van der Waals surface area contributed by atoms with Crippen molar-refractivity contribution in [1.29, 1.82) is 0 Å². The van der Waals surface area contributed by atoms with Crippen LogP contribution in [0.25, 0.3) is 11.1 Å². The molecule has 1 aromatic heterocycles. The van der Waals surface area contributed by atoms with E-state index in [-0.39, 0.29) is 0 Å². The first-order valence-electron chi connectivity index (χ1n) is 5.08. The lowest BCUT2D eigenvalue weighted by Gasteiger charge is -2.18. The second-order valence-corrected chi connectivity index (χ2v) is 5.15. The van der Waals surface area contributed by atoms with E-state index in [1.807, 2.05) is 0 Å². The Morgan fingerprint density at radius 2 is 2.00 bits per heavy atom. The van der Waals surface area contributed by atoms with Crippen LogP contribution in [-0.2, 0) is 4.12 Å². The van der Waals surface area contributed by atoms with Crippen LogP contribution >= 0.6 is 15.9 Å². The molecule has 0 saturated carbocycles. The van der Waals surface area contributed by atoms with E-state index in [1.165, 1.54) is 12.4 Å². The van der Waals surface area contributed by atoms with Gasteiger partial charge in [-0.15, -0.1) is 15.9 Å². The van der Waals surface area contributed by atoms with Gasteiger partial charge in [0.05, 0.1) is 21.9 Å². The van der Waals surface area contributed by atoms with Crippen LogP contribution in [0, 0.1) is 0 Å². The van der Waals surface area contributed by atoms with Crippen molar-refractivity contribution in [2.75, 3.05) is 0 Å². The highest BCUT2D eigenvalue weighted by Gasteiger charge is 2.16. The van der Waals surface area contributed by atoms with E-state index in [2.05, 4.69) is 21.0 Å². The molecule has 0 aliphatic carbocycles. The van der Waals surface area contributed by atoms with E-state index in [4.69, 9.17) is 15.7 Å². The number of rotatable bonds is 3. The Bertz CT molecular complexity index is 552. The van der Waals surface area contributed by atoms with E-state index in [1.54, 1.807) is 24.3 Å². The highest BCUT2D eigenvalue weighted by atomic mass is 79.9. The fraction of sp³-hybridized carbons (Fsp3) is 0.182. The number of aromatic nitrogens is 2. The Hall–Kier alpha value is -1.10. The molecule has 0 fully saturated rings. The van der Waals surface area contributed by atoms with Crippen molar-refractivity contribution in [3.63, 3.8) is 0 Å². The van der Waals surface area contributed by atoms with Crippen molar-refractivity contribution in [1.82, 2.24) is 9.78 Å². The summed E-state index contributed by atoms with van der Waals surface area (Å²) in [5, 5.41) is 3.58. The molecule has 0 saturated heterocycles. The number of halogens is 3. The monoisotopic (exact) mass is 306 g/mol. The standard InChI is InChI=1S/C11H7B2BrF2N2/c12-11(13,14)9-3-1-2-7(4-9)8-5-17-18(6-8)10(15)16/h1-6,10H. The van der Waals surface area contributed by atoms with Gasteiger partial charge in [0.2, 0.25) is 0 Å².